The minimum Gasteiger partial charge on any atom is -0.497 e. The van der Waals surface area contributed by atoms with E-state index in [0.717, 1.165) is 5.56 Å². The van der Waals surface area contributed by atoms with E-state index in [0.29, 0.717) is 28.5 Å². The van der Waals surface area contributed by atoms with Gasteiger partial charge < -0.3 is 14.8 Å². The van der Waals surface area contributed by atoms with Crippen molar-refractivity contribution in [2.45, 2.75) is 25.0 Å². The Labute approximate surface area is 156 Å². The van der Waals surface area contributed by atoms with Crippen molar-refractivity contribution >= 4 is 23.3 Å². The van der Waals surface area contributed by atoms with Gasteiger partial charge in [-0.3, -0.25) is 9.59 Å². The first-order chi connectivity index (χ1) is 12.4. The molecule has 3 atom stereocenters. The third-order valence-corrected chi connectivity index (χ3v) is 5.28. The number of amides is 1. The SMILES string of the molecule is COc1ccc(C(=O)[C@H]2C(=O)N[C@@]3(C)C[C@H]2c2cc(Cl)ccc2O3)cc1. The summed E-state index contributed by atoms with van der Waals surface area (Å²) in [6.07, 6.45) is 0.513. The zero-order valence-corrected chi connectivity index (χ0v) is 15.2. The Bertz CT molecular complexity index is 895. The largest absolute Gasteiger partial charge is 0.497 e. The molecule has 0 spiro atoms. The van der Waals surface area contributed by atoms with Gasteiger partial charge in [-0.25, -0.2) is 0 Å². The van der Waals surface area contributed by atoms with Crippen molar-refractivity contribution in [3.63, 3.8) is 0 Å². The maximum absolute atomic E-state index is 13.1. The van der Waals surface area contributed by atoms with Crippen LogP contribution in [0, 0.1) is 5.92 Å². The number of carbonyl (C=O) groups excluding carboxylic acids is 2. The van der Waals surface area contributed by atoms with Crippen LogP contribution in [-0.4, -0.2) is 24.5 Å². The number of rotatable bonds is 3. The molecule has 2 aromatic rings. The number of benzene rings is 2. The van der Waals surface area contributed by atoms with Crippen molar-refractivity contribution in [3.8, 4) is 11.5 Å². The van der Waals surface area contributed by atoms with E-state index in [4.69, 9.17) is 21.1 Å². The van der Waals surface area contributed by atoms with E-state index in [2.05, 4.69) is 5.32 Å². The average molecular weight is 372 g/mol. The zero-order chi connectivity index (χ0) is 18.5. The highest BCUT2D eigenvalue weighted by Gasteiger charge is 2.51. The quantitative estimate of drug-likeness (QED) is 0.661. The summed E-state index contributed by atoms with van der Waals surface area (Å²) >= 11 is 6.15. The number of nitrogens with one attached hydrogen (secondary N) is 1. The van der Waals surface area contributed by atoms with Gasteiger partial charge in [-0.05, 0) is 49.4 Å². The molecule has 0 unspecified atom stereocenters. The number of ether oxygens (including phenoxy) is 2. The van der Waals surface area contributed by atoms with Crippen molar-refractivity contribution in [3.05, 3.63) is 58.6 Å². The monoisotopic (exact) mass is 371 g/mol. The first kappa shape index (κ1) is 16.9. The van der Waals surface area contributed by atoms with E-state index in [1.165, 1.54) is 0 Å². The fourth-order valence-electron chi connectivity index (χ4n) is 3.85. The van der Waals surface area contributed by atoms with Gasteiger partial charge in [-0.15, -0.1) is 0 Å². The van der Waals surface area contributed by atoms with Gasteiger partial charge in [0.2, 0.25) is 5.91 Å². The van der Waals surface area contributed by atoms with Crippen LogP contribution in [0.1, 0.15) is 35.2 Å². The molecule has 0 radical (unpaired) electrons. The summed E-state index contributed by atoms with van der Waals surface area (Å²) in [6, 6.07) is 12.1. The van der Waals surface area contributed by atoms with Crippen molar-refractivity contribution < 1.29 is 19.1 Å². The van der Waals surface area contributed by atoms with E-state index in [1.54, 1.807) is 49.6 Å². The molecular formula is C20H18ClNO4. The van der Waals surface area contributed by atoms with E-state index < -0.39 is 11.6 Å². The lowest BCUT2D eigenvalue weighted by Crippen LogP contribution is -2.61. The lowest BCUT2D eigenvalue weighted by Gasteiger charge is -2.46. The summed E-state index contributed by atoms with van der Waals surface area (Å²) < 4.78 is 11.1. The molecule has 2 aliphatic heterocycles. The summed E-state index contributed by atoms with van der Waals surface area (Å²) in [4.78, 5) is 25.9. The summed E-state index contributed by atoms with van der Waals surface area (Å²) in [5.41, 5.74) is 0.459. The molecule has 134 valence electrons. The Morgan fingerprint density at radius 3 is 2.69 bits per heavy atom. The highest BCUT2D eigenvalue weighted by atomic mass is 35.5. The number of piperidine rings is 1. The Kier molecular flexibility index (Phi) is 3.92. The summed E-state index contributed by atoms with van der Waals surface area (Å²) in [5, 5.41) is 3.42. The van der Waals surface area contributed by atoms with Crippen LogP contribution in [0.5, 0.6) is 11.5 Å². The number of methoxy groups -OCH3 is 1. The highest BCUT2D eigenvalue weighted by molar-refractivity contribution is 6.30. The van der Waals surface area contributed by atoms with Crippen LogP contribution >= 0.6 is 11.6 Å². The summed E-state index contributed by atoms with van der Waals surface area (Å²) in [6.45, 7) is 1.82. The Balaban J connectivity index is 1.76. The molecule has 0 saturated carbocycles. The molecule has 2 bridgehead atoms. The molecule has 4 rings (SSSR count). The lowest BCUT2D eigenvalue weighted by atomic mass is 9.72. The Morgan fingerprint density at radius 1 is 1.27 bits per heavy atom. The van der Waals surface area contributed by atoms with Crippen LogP contribution < -0.4 is 14.8 Å². The molecule has 1 amide bonds. The van der Waals surface area contributed by atoms with Crippen LogP contribution in [0.15, 0.2) is 42.5 Å². The highest BCUT2D eigenvalue weighted by Crippen LogP contribution is 2.48. The molecule has 2 heterocycles. The van der Waals surface area contributed by atoms with Crippen LogP contribution in [-0.2, 0) is 4.79 Å². The predicted octanol–water partition coefficient (Wildman–Crippen LogP) is 3.56. The number of halogens is 1. The number of Topliss-reactive ketones (excluding diaryl/α,β-unsaturated/α-hetero) is 1. The van der Waals surface area contributed by atoms with Crippen LogP contribution in [0.4, 0.5) is 0 Å². The van der Waals surface area contributed by atoms with Gasteiger partial charge >= 0.3 is 0 Å². The average Bonchev–Trinajstić information content (AvgIpc) is 2.61. The summed E-state index contributed by atoms with van der Waals surface area (Å²) in [5.74, 6) is -0.338. The van der Waals surface area contributed by atoms with Gasteiger partial charge in [0, 0.05) is 28.5 Å². The topological polar surface area (TPSA) is 64.6 Å². The Hall–Kier alpha value is -2.53. The van der Waals surface area contributed by atoms with Gasteiger partial charge in [-0.2, -0.15) is 0 Å². The van der Waals surface area contributed by atoms with Crippen LogP contribution in [0.25, 0.3) is 0 Å². The predicted molar refractivity (Wildman–Crippen MR) is 96.8 cm³/mol. The number of hydrogen-bond acceptors (Lipinski definition) is 4. The number of hydrogen-bond donors (Lipinski definition) is 1. The van der Waals surface area contributed by atoms with Gasteiger partial charge in [0.1, 0.15) is 17.4 Å². The van der Waals surface area contributed by atoms with Gasteiger partial charge in [0.25, 0.3) is 0 Å². The molecule has 26 heavy (non-hydrogen) atoms. The van der Waals surface area contributed by atoms with Crippen LogP contribution in [0.3, 0.4) is 0 Å². The molecule has 1 saturated heterocycles. The van der Waals surface area contributed by atoms with E-state index in [9.17, 15) is 9.59 Å². The Morgan fingerprint density at radius 2 is 2.00 bits per heavy atom. The second kappa shape index (κ2) is 6.02. The third-order valence-electron chi connectivity index (χ3n) is 5.05. The molecule has 0 aliphatic carbocycles. The van der Waals surface area contributed by atoms with Crippen LogP contribution in [0.2, 0.25) is 5.02 Å². The fourth-order valence-corrected chi connectivity index (χ4v) is 4.03. The molecule has 0 aromatic heterocycles. The first-order valence-electron chi connectivity index (χ1n) is 8.39. The van der Waals surface area contributed by atoms with Crippen molar-refractivity contribution in [2.24, 2.45) is 5.92 Å². The van der Waals surface area contributed by atoms with E-state index in [-0.39, 0.29) is 17.6 Å². The maximum atomic E-state index is 13.1. The molecule has 2 aromatic carbocycles. The number of ketones is 1. The first-order valence-corrected chi connectivity index (χ1v) is 8.77. The minimum atomic E-state index is -0.822. The van der Waals surface area contributed by atoms with Gasteiger partial charge in [-0.1, -0.05) is 11.6 Å². The third kappa shape index (κ3) is 2.72. The molecule has 2 aliphatic rings. The van der Waals surface area contributed by atoms with Gasteiger partial charge in [0.05, 0.1) is 7.11 Å². The van der Waals surface area contributed by atoms with E-state index >= 15 is 0 Å². The fraction of sp³-hybridized carbons (Fsp3) is 0.300. The molecule has 6 heteroatoms. The standard InChI is InChI=1S/C20H18ClNO4/c1-20-10-15(14-9-12(21)5-8-16(14)26-20)17(19(24)22-20)18(23)11-3-6-13(25-2)7-4-11/h3-9,15,17H,10H2,1-2H3,(H,22,24)/t15-,17-,20+/m0/s1. The zero-order valence-electron chi connectivity index (χ0n) is 14.4. The lowest BCUT2D eigenvalue weighted by molar-refractivity contribution is -0.137. The second-order valence-electron chi connectivity index (χ2n) is 6.89. The maximum Gasteiger partial charge on any atom is 0.234 e. The van der Waals surface area contributed by atoms with Crippen molar-refractivity contribution in [1.82, 2.24) is 5.32 Å². The normalized spacial score (nSPS) is 26.3. The van der Waals surface area contributed by atoms with Crippen molar-refractivity contribution in [2.75, 3.05) is 7.11 Å². The molecular weight excluding hydrogens is 354 g/mol. The number of carbonyl (C=O) groups is 2. The smallest absolute Gasteiger partial charge is 0.234 e. The van der Waals surface area contributed by atoms with Crippen molar-refractivity contribution in [1.29, 1.82) is 0 Å². The second-order valence-corrected chi connectivity index (χ2v) is 7.32. The molecule has 1 fully saturated rings. The number of fused-ring (bicyclic) bond motifs is 4. The molecule has 1 N–H and O–H groups in total. The molecule has 5 nitrogen and oxygen atoms in total. The minimum absolute atomic E-state index is 0.218. The summed E-state index contributed by atoms with van der Waals surface area (Å²) in [7, 11) is 1.56. The van der Waals surface area contributed by atoms with Gasteiger partial charge in [0.15, 0.2) is 11.5 Å². The van der Waals surface area contributed by atoms with E-state index in [1.807, 2.05) is 6.92 Å².